The smallest absolute Gasteiger partial charge is 0.434 e. The quantitative estimate of drug-likeness (QED) is 0.164. The largest absolute Gasteiger partial charge is 0.508 e. The van der Waals surface area contributed by atoms with Crippen LogP contribution in [0.1, 0.15) is 78.7 Å². The molecule has 14 nitrogen and oxygen atoms in total. The fourth-order valence-corrected chi connectivity index (χ4v) is 10.6. The molecule has 314 valence electrons. The number of benzene rings is 1. The second-order valence-electron chi connectivity index (χ2n) is 17.1. The van der Waals surface area contributed by atoms with E-state index in [1.807, 2.05) is 6.07 Å². The van der Waals surface area contributed by atoms with Crippen molar-refractivity contribution in [2.45, 2.75) is 94.4 Å². The highest BCUT2D eigenvalue weighted by Crippen LogP contribution is 2.62. The highest BCUT2D eigenvalue weighted by atomic mass is 19.4. The van der Waals surface area contributed by atoms with Gasteiger partial charge in [0.05, 0.1) is 37.3 Å². The fourth-order valence-electron chi connectivity index (χ4n) is 10.6. The molecule has 4 fully saturated rings. The molecule has 2 saturated carbocycles. The molecule has 58 heavy (non-hydrogen) atoms. The summed E-state index contributed by atoms with van der Waals surface area (Å²) in [5.74, 6) is 2.25. The lowest BCUT2D eigenvalue weighted by molar-refractivity contribution is -0.147. The van der Waals surface area contributed by atoms with Crippen LogP contribution in [0.2, 0.25) is 0 Å². The Balaban J connectivity index is 0.785. The first-order chi connectivity index (χ1) is 27.8. The number of halogens is 3. The van der Waals surface area contributed by atoms with Gasteiger partial charge in [0.15, 0.2) is 17.2 Å². The number of nitrogens with zero attached hydrogens (tertiary/aromatic N) is 6. The molecule has 10 atom stereocenters. The van der Waals surface area contributed by atoms with E-state index in [0.717, 1.165) is 51.1 Å². The Morgan fingerprint density at radius 1 is 1.02 bits per heavy atom. The maximum absolute atomic E-state index is 13.1. The molecular weight excluding hydrogens is 757 g/mol. The van der Waals surface area contributed by atoms with Crippen molar-refractivity contribution in [2.24, 2.45) is 23.2 Å². The summed E-state index contributed by atoms with van der Waals surface area (Å²) in [5.41, 5.74) is 1.60. The third-order valence-corrected chi connectivity index (χ3v) is 13.8. The monoisotopic (exact) mass is 810 g/mol. The van der Waals surface area contributed by atoms with E-state index in [0.29, 0.717) is 80.7 Å². The predicted molar refractivity (Wildman–Crippen MR) is 206 cm³/mol. The first kappa shape index (κ1) is 40.6. The van der Waals surface area contributed by atoms with Crippen LogP contribution in [0.15, 0.2) is 42.7 Å². The zero-order valence-corrected chi connectivity index (χ0v) is 32.6. The van der Waals surface area contributed by atoms with Crippen LogP contribution in [0.25, 0.3) is 0 Å². The summed E-state index contributed by atoms with van der Waals surface area (Å²) in [5, 5.41) is 57.1. The minimum Gasteiger partial charge on any atom is -0.508 e. The Morgan fingerprint density at radius 2 is 1.83 bits per heavy atom. The Morgan fingerprint density at radius 3 is 2.59 bits per heavy atom. The summed E-state index contributed by atoms with van der Waals surface area (Å²) < 4.78 is 45.0. The van der Waals surface area contributed by atoms with Crippen LogP contribution < -0.4 is 15.5 Å². The van der Waals surface area contributed by atoms with Crippen molar-refractivity contribution in [3.05, 3.63) is 65.2 Å². The van der Waals surface area contributed by atoms with Crippen LogP contribution in [0.4, 0.5) is 24.8 Å². The number of carbonyl (C=O) groups excluding carboxylic acids is 1. The Kier molecular flexibility index (Phi) is 11.5. The molecule has 0 bridgehead atoms. The van der Waals surface area contributed by atoms with Crippen LogP contribution in [0.5, 0.6) is 5.75 Å². The number of amides is 1. The van der Waals surface area contributed by atoms with Gasteiger partial charge >= 0.3 is 6.18 Å². The molecule has 2 aliphatic heterocycles. The Labute approximate surface area is 335 Å². The van der Waals surface area contributed by atoms with Crippen LogP contribution >= 0.6 is 0 Å². The van der Waals surface area contributed by atoms with Crippen molar-refractivity contribution in [3.63, 3.8) is 0 Å². The minimum absolute atomic E-state index is 0.0510. The van der Waals surface area contributed by atoms with Gasteiger partial charge in [-0.25, -0.2) is 4.98 Å². The lowest BCUT2D eigenvalue weighted by Gasteiger charge is -2.53. The second-order valence-corrected chi connectivity index (χ2v) is 17.1. The molecule has 1 amide bonds. The Bertz CT molecular complexity index is 1920. The average Bonchev–Trinajstić information content (AvgIpc) is 3.52. The van der Waals surface area contributed by atoms with Gasteiger partial charge in [-0.05, 0) is 109 Å². The van der Waals surface area contributed by atoms with Gasteiger partial charge in [-0.3, -0.25) is 14.7 Å². The molecule has 6 N–H and O–H groups in total. The van der Waals surface area contributed by atoms with Gasteiger partial charge in [0.1, 0.15) is 23.8 Å². The number of hydrogen-bond donors (Lipinski definition) is 6. The number of piperazine rings is 1. The average molecular weight is 811 g/mol. The maximum Gasteiger partial charge on any atom is 0.434 e. The van der Waals surface area contributed by atoms with Gasteiger partial charge in [0.25, 0.3) is 5.91 Å². The first-order valence-corrected chi connectivity index (χ1v) is 20.5. The number of nitrogens with one attached hydrogen (secondary N) is 2. The molecule has 5 aliphatic rings. The van der Waals surface area contributed by atoms with Crippen molar-refractivity contribution in [1.82, 2.24) is 30.4 Å². The third-order valence-electron chi connectivity index (χ3n) is 13.8. The molecule has 2 saturated heterocycles. The fraction of sp³-hybridized carbons (Fsp3) is 0.634. The number of ether oxygens (including phenoxy) is 1. The van der Waals surface area contributed by atoms with Gasteiger partial charge in [0, 0.05) is 39.3 Å². The zero-order valence-electron chi connectivity index (χ0n) is 32.6. The van der Waals surface area contributed by atoms with Gasteiger partial charge in [0.2, 0.25) is 0 Å². The van der Waals surface area contributed by atoms with E-state index >= 15 is 0 Å². The van der Waals surface area contributed by atoms with Crippen molar-refractivity contribution in [2.75, 3.05) is 56.1 Å². The summed E-state index contributed by atoms with van der Waals surface area (Å²) in [6.07, 6.45) is 0.112. The number of aliphatic hydroxyl groups is 3. The van der Waals surface area contributed by atoms with Gasteiger partial charge in [-0.15, -0.1) is 10.2 Å². The molecule has 0 spiro atoms. The van der Waals surface area contributed by atoms with E-state index in [1.165, 1.54) is 11.1 Å². The number of hydrogen-bond acceptors (Lipinski definition) is 13. The van der Waals surface area contributed by atoms with E-state index < -0.39 is 36.2 Å². The van der Waals surface area contributed by atoms with Crippen LogP contribution in [-0.4, -0.2) is 128 Å². The number of aromatic hydroxyl groups is 1. The number of phenolic OH excluding ortho intramolecular Hbond substituents is 1. The normalized spacial score (nSPS) is 32.5. The number of phenols is 1. The maximum atomic E-state index is 13.1. The van der Waals surface area contributed by atoms with Gasteiger partial charge in [-0.2, -0.15) is 13.2 Å². The standard InChI is InChI=1S/C41H53F3N8O6/c1-40-11-10-27-26-5-4-25(53)18-24(26)17-23(36(27)28(40)6-8-33(40)54)3-2-12-46-39(57)29-7-9-35(50-49-29)52-15-13-51(14-16-52)21-31-38(56)37(55)30(22-58-31)47-34-20-45-19-32(48-34)41(42,43)44/h4-5,7,9,18-20,23,27-28,30-31,33,36-38,53-56H,2-3,6,8,10-17,21-22H2,1H3,(H,46,57)(H,47,48)/t23?,27?,28?,30-,31+,33-,36?,37+,38-,40-/m0/s1. The second kappa shape index (κ2) is 16.5. The number of alkyl halides is 3. The van der Waals surface area contributed by atoms with E-state index in [4.69, 9.17) is 4.74 Å². The van der Waals surface area contributed by atoms with Crippen LogP contribution in [0.3, 0.4) is 0 Å². The van der Waals surface area contributed by atoms with Crippen LogP contribution in [0, 0.1) is 23.2 Å². The van der Waals surface area contributed by atoms with Crippen molar-refractivity contribution in [3.8, 4) is 5.75 Å². The number of anilines is 2. The molecule has 4 heterocycles. The summed E-state index contributed by atoms with van der Waals surface area (Å²) >= 11 is 0. The molecule has 1 aromatic carbocycles. The first-order valence-electron chi connectivity index (χ1n) is 20.5. The molecule has 3 aromatic rings. The van der Waals surface area contributed by atoms with Crippen LogP contribution in [-0.2, 0) is 17.3 Å². The topological polar surface area (TPSA) is 189 Å². The predicted octanol–water partition coefficient (Wildman–Crippen LogP) is 3.37. The van der Waals surface area contributed by atoms with Crippen molar-refractivity contribution < 1.29 is 43.1 Å². The van der Waals surface area contributed by atoms with E-state index in [9.17, 15) is 38.4 Å². The molecule has 0 radical (unpaired) electrons. The zero-order chi connectivity index (χ0) is 40.8. The Hall–Kier alpha value is -4.16. The van der Waals surface area contributed by atoms with Crippen molar-refractivity contribution >= 4 is 17.5 Å². The highest BCUT2D eigenvalue weighted by Gasteiger charge is 2.56. The number of aromatic nitrogens is 4. The van der Waals surface area contributed by atoms with Gasteiger partial charge < -0.3 is 40.7 Å². The molecule has 8 rings (SSSR count). The molecule has 3 aliphatic carbocycles. The number of fused-ring (bicyclic) bond motifs is 5. The number of rotatable bonds is 10. The number of carbonyl (C=O) groups is 1. The molecule has 17 heteroatoms. The lowest BCUT2D eigenvalue weighted by atomic mass is 9.52. The lowest BCUT2D eigenvalue weighted by Crippen LogP contribution is -2.59. The SMILES string of the molecule is C[C@]12CCC3c4ccc(O)cc4CC(CCCNC(=O)c4ccc(N5CCN(C[C@H]6OC[C@H](Nc7cncc(C(F)(F)F)n7)[C@@H](O)[C@H]6O)CC5)nn4)C3C1CC[C@@H]2O. The van der Waals surface area contributed by atoms with E-state index in [2.05, 4.69) is 53.6 Å². The van der Waals surface area contributed by atoms with Gasteiger partial charge in [-0.1, -0.05) is 13.0 Å². The minimum atomic E-state index is -4.67. The van der Waals surface area contributed by atoms with Crippen molar-refractivity contribution in [1.29, 1.82) is 0 Å². The molecule has 2 aromatic heterocycles. The number of aliphatic hydroxyl groups excluding tert-OH is 3. The summed E-state index contributed by atoms with van der Waals surface area (Å²) in [6, 6.07) is 8.42. The highest BCUT2D eigenvalue weighted by molar-refractivity contribution is 5.92. The third kappa shape index (κ3) is 8.20. The summed E-state index contributed by atoms with van der Waals surface area (Å²) in [6.45, 7) is 5.52. The van der Waals surface area contributed by atoms with E-state index in [1.54, 1.807) is 18.2 Å². The summed E-state index contributed by atoms with van der Waals surface area (Å²) in [4.78, 5) is 24.3. The molecular formula is C41H53F3N8O6. The van der Waals surface area contributed by atoms with E-state index in [-0.39, 0.29) is 35.5 Å². The summed E-state index contributed by atoms with van der Waals surface area (Å²) in [7, 11) is 0. The molecule has 4 unspecified atom stereocenters.